The highest BCUT2D eigenvalue weighted by Crippen LogP contribution is 2.27. The Kier molecular flexibility index (Phi) is 5.30. The van der Waals surface area contributed by atoms with E-state index in [-0.39, 0.29) is 29.8 Å². The Morgan fingerprint density at radius 1 is 1.15 bits per heavy atom. The number of carbonyl (C=O) groups is 3. The number of benzene rings is 1. The molecule has 0 saturated heterocycles. The number of hydrogen-bond donors (Lipinski definition) is 2. The Hall–Kier alpha value is -2.37. The molecule has 1 heterocycles. The highest BCUT2D eigenvalue weighted by atomic mass is 16.2. The van der Waals surface area contributed by atoms with Gasteiger partial charge < -0.3 is 10.6 Å². The van der Waals surface area contributed by atoms with Gasteiger partial charge in [0.2, 0.25) is 0 Å². The fourth-order valence-electron chi connectivity index (χ4n) is 3.77. The molecular formula is C20H27N3O3. The third kappa shape index (κ3) is 3.74. The minimum absolute atomic E-state index is 0.183. The SMILES string of the molecule is CC(C)CN1C(=O)c2ccc(NC(=O)NC3CCCCC3C)cc2C1=O. The summed E-state index contributed by atoms with van der Waals surface area (Å²) in [5, 5.41) is 5.83. The maximum atomic E-state index is 12.5. The fraction of sp³-hybridized carbons (Fsp3) is 0.550. The van der Waals surface area contributed by atoms with Crippen molar-refractivity contribution in [1.29, 1.82) is 0 Å². The van der Waals surface area contributed by atoms with Crippen LogP contribution in [0.5, 0.6) is 0 Å². The van der Waals surface area contributed by atoms with Crippen LogP contribution in [0.3, 0.4) is 0 Å². The van der Waals surface area contributed by atoms with Gasteiger partial charge in [-0.2, -0.15) is 0 Å². The second-order valence-electron chi connectivity index (χ2n) is 7.84. The number of hydrogen-bond acceptors (Lipinski definition) is 3. The smallest absolute Gasteiger partial charge is 0.319 e. The summed E-state index contributed by atoms with van der Waals surface area (Å²) >= 11 is 0. The molecule has 2 N–H and O–H groups in total. The molecule has 1 fully saturated rings. The van der Waals surface area contributed by atoms with Crippen LogP contribution >= 0.6 is 0 Å². The van der Waals surface area contributed by atoms with Crippen LogP contribution in [0, 0.1) is 11.8 Å². The minimum Gasteiger partial charge on any atom is -0.335 e. The van der Waals surface area contributed by atoms with Gasteiger partial charge in [0.05, 0.1) is 11.1 Å². The van der Waals surface area contributed by atoms with E-state index in [1.165, 1.54) is 11.3 Å². The van der Waals surface area contributed by atoms with E-state index in [1.54, 1.807) is 18.2 Å². The minimum atomic E-state index is -0.288. The topological polar surface area (TPSA) is 78.5 Å². The summed E-state index contributed by atoms with van der Waals surface area (Å²) in [6, 6.07) is 4.81. The third-order valence-corrected chi connectivity index (χ3v) is 5.20. The maximum Gasteiger partial charge on any atom is 0.319 e. The summed E-state index contributed by atoms with van der Waals surface area (Å²) in [6.07, 6.45) is 4.48. The monoisotopic (exact) mass is 357 g/mol. The molecule has 6 nitrogen and oxygen atoms in total. The fourth-order valence-corrected chi connectivity index (χ4v) is 3.77. The number of urea groups is 1. The van der Waals surface area contributed by atoms with Crippen molar-refractivity contribution in [2.75, 3.05) is 11.9 Å². The summed E-state index contributed by atoms with van der Waals surface area (Å²) in [6.45, 7) is 6.49. The molecule has 2 aliphatic rings. The van der Waals surface area contributed by atoms with Crippen molar-refractivity contribution in [3.8, 4) is 0 Å². The summed E-state index contributed by atoms with van der Waals surface area (Å²) in [5.41, 5.74) is 1.29. The average molecular weight is 357 g/mol. The van der Waals surface area contributed by atoms with Crippen molar-refractivity contribution >= 4 is 23.5 Å². The number of amides is 4. The van der Waals surface area contributed by atoms with Crippen LogP contribution in [0.4, 0.5) is 10.5 Å². The van der Waals surface area contributed by atoms with Crippen LogP contribution in [-0.4, -0.2) is 35.3 Å². The molecule has 0 radical (unpaired) electrons. The molecule has 1 aromatic carbocycles. The molecule has 0 aromatic heterocycles. The van der Waals surface area contributed by atoms with E-state index in [0.29, 0.717) is 29.3 Å². The number of nitrogens with zero attached hydrogens (tertiary/aromatic N) is 1. The predicted octanol–water partition coefficient (Wildman–Crippen LogP) is 3.64. The normalized spacial score (nSPS) is 22.5. The van der Waals surface area contributed by atoms with Crippen LogP contribution in [-0.2, 0) is 0 Å². The molecule has 1 saturated carbocycles. The first kappa shape index (κ1) is 18.4. The lowest BCUT2D eigenvalue weighted by molar-refractivity contribution is 0.0636. The van der Waals surface area contributed by atoms with Gasteiger partial charge in [-0.25, -0.2) is 4.79 Å². The first-order chi connectivity index (χ1) is 12.4. The van der Waals surface area contributed by atoms with Crippen molar-refractivity contribution in [1.82, 2.24) is 10.2 Å². The number of fused-ring (bicyclic) bond motifs is 1. The number of rotatable bonds is 4. The Labute approximate surface area is 154 Å². The average Bonchev–Trinajstić information content (AvgIpc) is 2.81. The van der Waals surface area contributed by atoms with Gasteiger partial charge in [0.15, 0.2) is 0 Å². The number of nitrogens with one attached hydrogen (secondary N) is 2. The highest BCUT2D eigenvalue weighted by molar-refractivity contribution is 6.21. The van der Waals surface area contributed by atoms with Crippen molar-refractivity contribution in [2.45, 2.75) is 52.5 Å². The van der Waals surface area contributed by atoms with E-state index in [1.807, 2.05) is 13.8 Å². The Morgan fingerprint density at radius 2 is 1.85 bits per heavy atom. The zero-order chi connectivity index (χ0) is 18.8. The lowest BCUT2D eigenvalue weighted by Gasteiger charge is -2.29. The first-order valence-corrected chi connectivity index (χ1v) is 9.44. The number of carbonyl (C=O) groups excluding carboxylic acids is 3. The zero-order valence-electron chi connectivity index (χ0n) is 15.7. The van der Waals surface area contributed by atoms with Gasteiger partial charge >= 0.3 is 6.03 Å². The lowest BCUT2D eigenvalue weighted by atomic mass is 9.86. The van der Waals surface area contributed by atoms with Gasteiger partial charge in [0, 0.05) is 18.3 Å². The quantitative estimate of drug-likeness (QED) is 0.808. The van der Waals surface area contributed by atoms with Gasteiger partial charge in [-0.05, 0) is 42.9 Å². The zero-order valence-corrected chi connectivity index (χ0v) is 15.7. The van der Waals surface area contributed by atoms with Crippen LogP contribution in [0.1, 0.15) is 67.2 Å². The van der Waals surface area contributed by atoms with Gasteiger partial charge in [0.25, 0.3) is 11.8 Å². The largest absolute Gasteiger partial charge is 0.335 e. The second kappa shape index (κ2) is 7.48. The molecule has 1 aliphatic heterocycles. The Bertz CT molecular complexity index is 729. The molecule has 0 spiro atoms. The van der Waals surface area contributed by atoms with Gasteiger partial charge in [-0.3, -0.25) is 14.5 Å². The van der Waals surface area contributed by atoms with Gasteiger partial charge in [-0.1, -0.05) is 33.6 Å². The lowest BCUT2D eigenvalue weighted by Crippen LogP contribution is -2.43. The highest BCUT2D eigenvalue weighted by Gasteiger charge is 2.35. The maximum absolute atomic E-state index is 12.5. The van der Waals surface area contributed by atoms with Crippen LogP contribution in [0.25, 0.3) is 0 Å². The van der Waals surface area contributed by atoms with Crippen LogP contribution < -0.4 is 10.6 Å². The Balaban J connectivity index is 1.68. The molecule has 2 unspecified atom stereocenters. The summed E-state index contributed by atoms with van der Waals surface area (Å²) in [5.74, 6) is 0.130. The first-order valence-electron chi connectivity index (χ1n) is 9.44. The van der Waals surface area contributed by atoms with E-state index in [2.05, 4.69) is 17.6 Å². The van der Waals surface area contributed by atoms with Gasteiger partial charge in [-0.15, -0.1) is 0 Å². The molecular weight excluding hydrogens is 330 g/mol. The molecule has 4 amide bonds. The molecule has 1 aromatic rings. The van der Waals surface area contributed by atoms with Gasteiger partial charge in [0.1, 0.15) is 0 Å². The molecule has 26 heavy (non-hydrogen) atoms. The predicted molar refractivity (Wildman–Crippen MR) is 100 cm³/mol. The molecule has 0 bridgehead atoms. The van der Waals surface area contributed by atoms with E-state index < -0.39 is 0 Å². The Morgan fingerprint density at radius 3 is 2.54 bits per heavy atom. The summed E-state index contributed by atoms with van der Waals surface area (Å²) < 4.78 is 0. The number of imide groups is 1. The van der Waals surface area contributed by atoms with Crippen molar-refractivity contribution in [2.24, 2.45) is 11.8 Å². The molecule has 1 aliphatic carbocycles. The van der Waals surface area contributed by atoms with E-state index >= 15 is 0 Å². The van der Waals surface area contributed by atoms with E-state index in [0.717, 1.165) is 19.3 Å². The van der Waals surface area contributed by atoms with E-state index in [9.17, 15) is 14.4 Å². The molecule has 6 heteroatoms. The van der Waals surface area contributed by atoms with Crippen molar-refractivity contribution in [3.63, 3.8) is 0 Å². The van der Waals surface area contributed by atoms with E-state index in [4.69, 9.17) is 0 Å². The third-order valence-electron chi connectivity index (χ3n) is 5.20. The van der Waals surface area contributed by atoms with Crippen LogP contribution in [0.2, 0.25) is 0 Å². The summed E-state index contributed by atoms with van der Waals surface area (Å²) in [7, 11) is 0. The van der Waals surface area contributed by atoms with Crippen molar-refractivity contribution in [3.05, 3.63) is 29.3 Å². The molecule has 2 atom stereocenters. The number of anilines is 1. The molecule has 3 rings (SSSR count). The second-order valence-corrected chi connectivity index (χ2v) is 7.84. The van der Waals surface area contributed by atoms with Crippen molar-refractivity contribution < 1.29 is 14.4 Å². The molecule has 140 valence electrons. The standard InChI is InChI=1S/C20H27N3O3/c1-12(2)11-23-18(24)15-9-8-14(10-16(15)19(23)25)21-20(26)22-17-7-5-4-6-13(17)3/h8-10,12-13,17H,4-7,11H2,1-3H3,(H2,21,22,26). The van der Waals surface area contributed by atoms with Crippen LogP contribution in [0.15, 0.2) is 18.2 Å². The summed E-state index contributed by atoms with van der Waals surface area (Å²) in [4.78, 5) is 38.5.